The minimum Gasteiger partial charge on any atom is -0.391 e. The molecule has 0 spiro atoms. The summed E-state index contributed by atoms with van der Waals surface area (Å²) in [4.78, 5) is 30.2. The van der Waals surface area contributed by atoms with E-state index in [-0.39, 0.29) is 17.9 Å². The third-order valence-corrected chi connectivity index (χ3v) is 6.75. The lowest BCUT2D eigenvalue weighted by atomic mass is 9.92. The van der Waals surface area contributed by atoms with Crippen molar-refractivity contribution in [2.45, 2.75) is 64.0 Å². The number of hydrogen-bond acceptors (Lipinski definition) is 5. The number of aryl methyl sites for hydroxylation is 1. The van der Waals surface area contributed by atoms with E-state index in [1.807, 2.05) is 13.0 Å². The molecule has 1 heterocycles. The summed E-state index contributed by atoms with van der Waals surface area (Å²) in [6, 6.07) is 5.06. The molecule has 2 aliphatic carbocycles. The maximum absolute atomic E-state index is 12.6. The van der Waals surface area contributed by atoms with Gasteiger partial charge in [-0.15, -0.1) is 11.3 Å². The number of rotatable bonds is 6. The fraction of sp³-hybridized carbons (Fsp3) is 0.500. The highest BCUT2D eigenvalue weighted by molar-refractivity contribution is 7.13. The highest BCUT2D eigenvalue weighted by atomic mass is 32.1. The van der Waals surface area contributed by atoms with E-state index >= 15 is 0 Å². The van der Waals surface area contributed by atoms with Crippen LogP contribution in [0.25, 0.3) is 0 Å². The summed E-state index contributed by atoms with van der Waals surface area (Å²) in [5.74, 6) is 0.307. The number of aromatic nitrogens is 1. The molecular weight excluding hydrogens is 386 g/mol. The highest BCUT2D eigenvalue weighted by Crippen LogP contribution is 2.33. The Labute approximate surface area is 174 Å². The van der Waals surface area contributed by atoms with Crippen molar-refractivity contribution in [3.05, 3.63) is 45.4 Å². The van der Waals surface area contributed by atoms with Crippen molar-refractivity contribution in [2.24, 2.45) is 5.92 Å². The Hall–Kier alpha value is -2.25. The van der Waals surface area contributed by atoms with Gasteiger partial charge in [0.15, 0.2) is 0 Å². The SMILES string of the molecule is Cc1ccc(C(=O)N[C@H]2CCCC[C@@H]2O)cc1NC(=O)c1cnc(CC2CC2)s1. The van der Waals surface area contributed by atoms with Crippen LogP contribution >= 0.6 is 11.3 Å². The van der Waals surface area contributed by atoms with Crippen molar-refractivity contribution in [3.63, 3.8) is 0 Å². The summed E-state index contributed by atoms with van der Waals surface area (Å²) in [5, 5.41) is 17.0. The number of hydrogen-bond donors (Lipinski definition) is 3. The van der Waals surface area contributed by atoms with E-state index in [0.717, 1.165) is 48.6 Å². The van der Waals surface area contributed by atoms with Crippen LogP contribution in [-0.4, -0.2) is 34.1 Å². The number of nitrogens with one attached hydrogen (secondary N) is 2. The van der Waals surface area contributed by atoms with E-state index < -0.39 is 6.10 Å². The van der Waals surface area contributed by atoms with Crippen molar-refractivity contribution in [3.8, 4) is 0 Å². The molecule has 2 amide bonds. The molecule has 2 aliphatic rings. The number of anilines is 1. The first-order chi connectivity index (χ1) is 14.0. The van der Waals surface area contributed by atoms with Gasteiger partial charge in [0.2, 0.25) is 0 Å². The van der Waals surface area contributed by atoms with Crippen molar-refractivity contribution >= 4 is 28.8 Å². The van der Waals surface area contributed by atoms with E-state index in [1.165, 1.54) is 24.2 Å². The minimum atomic E-state index is -0.492. The van der Waals surface area contributed by atoms with Crippen LogP contribution in [-0.2, 0) is 6.42 Å². The summed E-state index contributed by atoms with van der Waals surface area (Å²) in [6.07, 6.45) is 8.12. The van der Waals surface area contributed by atoms with E-state index in [4.69, 9.17) is 0 Å². The first kappa shape index (κ1) is 20.0. The average molecular weight is 414 g/mol. The van der Waals surface area contributed by atoms with Gasteiger partial charge in [0.1, 0.15) is 4.88 Å². The van der Waals surface area contributed by atoms with Gasteiger partial charge in [-0.05, 0) is 56.2 Å². The van der Waals surface area contributed by atoms with Crippen LogP contribution in [0.5, 0.6) is 0 Å². The van der Waals surface area contributed by atoms with Crippen molar-refractivity contribution < 1.29 is 14.7 Å². The molecule has 29 heavy (non-hydrogen) atoms. The maximum Gasteiger partial charge on any atom is 0.267 e. The normalized spacial score (nSPS) is 21.6. The van der Waals surface area contributed by atoms with Gasteiger partial charge >= 0.3 is 0 Å². The second-order valence-electron chi connectivity index (χ2n) is 8.18. The molecule has 3 N–H and O–H groups in total. The first-order valence-corrected chi connectivity index (χ1v) is 11.2. The molecule has 0 aliphatic heterocycles. The molecule has 0 saturated heterocycles. The number of aliphatic hydroxyl groups excluding tert-OH is 1. The van der Waals surface area contributed by atoms with Crippen LogP contribution in [0.3, 0.4) is 0 Å². The molecular formula is C22H27N3O3S. The number of thiazole rings is 1. The van der Waals surface area contributed by atoms with E-state index in [2.05, 4.69) is 15.6 Å². The number of carbonyl (C=O) groups excluding carboxylic acids is 2. The molecule has 2 saturated carbocycles. The number of nitrogens with zero attached hydrogens (tertiary/aromatic N) is 1. The quantitative estimate of drug-likeness (QED) is 0.674. The Balaban J connectivity index is 1.42. The van der Waals surface area contributed by atoms with Gasteiger partial charge in [-0.1, -0.05) is 18.9 Å². The van der Waals surface area contributed by atoms with Crippen molar-refractivity contribution in [2.75, 3.05) is 5.32 Å². The van der Waals surface area contributed by atoms with Gasteiger partial charge in [-0.2, -0.15) is 0 Å². The zero-order valence-corrected chi connectivity index (χ0v) is 17.4. The second-order valence-corrected chi connectivity index (χ2v) is 9.30. The summed E-state index contributed by atoms with van der Waals surface area (Å²) < 4.78 is 0. The highest BCUT2D eigenvalue weighted by Gasteiger charge is 2.25. The molecule has 1 aromatic heterocycles. The molecule has 4 rings (SSSR count). The van der Waals surface area contributed by atoms with E-state index in [9.17, 15) is 14.7 Å². The summed E-state index contributed by atoms with van der Waals surface area (Å²) in [5.41, 5.74) is 1.97. The van der Waals surface area contributed by atoms with Crippen molar-refractivity contribution in [1.82, 2.24) is 10.3 Å². The predicted molar refractivity (Wildman–Crippen MR) is 113 cm³/mol. The van der Waals surface area contributed by atoms with Crippen LogP contribution in [0.1, 0.15) is 69.1 Å². The van der Waals surface area contributed by atoms with Gasteiger partial charge < -0.3 is 15.7 Å². The zero-order chi connectivity index (χ0) is 20.4. The molecule has 2 atom stereocenters. The summed E-state index contributed by atoms with van der Waals surface area (Å²) in [7, 11) is 0. The Kier molecular flexibility index (Phi) is 5.96. The van der Waals surface area contributed by atoms with Crippen LogP contribution in [0.2, 0.25) is 0 Å². The van der Waals surface area contributed by atoms with Gasteiger partial charge in [0.05, 0.1) is 23.4 Å². The lowest BCUT2D eigenvalue weighted by Crippen LogP contribution is -2.45. The van der Waals surface area contributed by atoms with Crippen LogP contribution < -0.4 is 10.6 Å². The number of carbonyl (C=O) groups is 2. The van der Waals surface area contributed by atoms with Crippen LogP contribution in [0, 0.1) is 12.8 Å². The van der Waals surface area contributed by atoms with Gasteiger partial charge in [-0.25, -0.2) is 4.98 Å². The Morgan fingerprint density at radius 2 is 1.97 bits per heavy atom. The van der Waals surface area contributed by atoms with Crippen LogP contribution in [0.4, 0.5) is 5.69 Å². The predicted octanol–water partition coefficient (Wildman–Crippen LogP) is 3.69. The largest absolute Gasteiger partial charge is 0.391 e. The first-order valence-electron chi connectivity index (χ1n) is 10.4. The summed E-state index contributed by atoms with van der Waals surface area (Å²) in [6.45, 7) is 1.90. The second kappa shape index (κ2) is 8.63. The fourth-order valence-corrected chi connectivity index (χ4v) is 4.62. The third kappa shape index (κ3) is 5.03. The number of aliphatic hydroxyl groups is 1. The molecule has 6 nitrogen and oxygen atoms in total. The molecule has 0 bridgehead atoms. The Morgan fingerprint density at radius 3 is 2.72 bits per heavy atom. The van der Waals surface area contributed by atoms with Crippen molar-refractivity contribution in [1.29, 1.82) is 0 Å². The fourth-order valence-electron chi connectivity index (χ4n) is 3.69. The summed E-state index contributed by atoms with van der Waals surface area (Å²) >= 11 is 1.44. The zero-order valence-electron chi connectivity index (χ0n) is 16.6. The molecule has 2 aromatic rings. The lowest BCUT2D eigenvalue weighted by Gasteiger charge is -2.28. The molecule has 1 aromatic carbocycles. The van der Waals surface area contributed by atoms with E-state index in [1.54, 1.807) is 18.3 Å². The maximum atomic E-state index is 12.6. The lowest BCUT2D eigenvalue weighted by molar-refractivity contribution is 0.0717. The molecule has 2 fully saturated rings. The third-order valence-electron chi connectivity index (χ3n) is 5.73. The molecule has 0 radical (unpaired) electrons. The van der Waals surface area contributed by atoms with Gasteiger partial charge in [0.25, 0.3) is 11.8 Å². The van der Waals surface area contributed by atoms with E-state index in [0.29, 0.717) is 16.1 Å². The Morgan fingerprint density at radius 1 is 1.17 bits per heavy atom. The Bertz CT molecular complexity index is 906. The van der Waals surface area contributed by atoms with Gasteiger partial charge in [-0.3, -0.25) is 9.59 Å². The standard InChI is InChI=1S/C22H27N3O3S/c1-13-6-9-15(21(27)24-16-4-2-3-5-18(16)26)11-17(13)25-22(28)19-12-23-20(29-19)10-14-7-8-14/h6,9,11-12,14,16,18,26H,2-5,7-8,10H2,1H3,(H,24,27)(H,25,28)/t16-,18-/m0/s1. The molecule has 154 valence electrons. The molecule has 7 heteroatoms. The minimum absolute atomic E-state index is 0.201. The molecule has 0 unspecified atom stereocenters. The smallest absolute Gasteiger partial charge is 0.267 e. The van der Waals surface area contributed by atoms with Crippen LogP contribution in [0.15, 0.2) is 24.4 Å². The van der Waals surface area contributed by atoms with Gasteiger partial charge in [0, 0.05) is 17.7 Å². The number of amides is 2. The number of benzene rings is 1. The monoisotopic (exact) mass is 413 g/mol. The topological polar surface area (TPSA) is 91.3 Å². The average Bonchev–Trinajstić information content (AvgIpc) is 3.39.